The summed E-state index contributed by atoms with van der Waals surface area (Å²) in [6.45, 7) is 6.35. The molecule has 2 unspecified atom stereocenters. The van der Waals surface area contributed by atoms with Gasteiger partial charge in [-0.1, -0.05) is 13.0 Å². The molecule has 1 fully saturated rings. The van der Waals surface area contributed by atoms with Crippen molar-refractivity contribution >= 4 is 11.3 Å². The molecule has 0 aromatic carbocycles. The number of hydrogen-bond donors (Lipinski definition) is 1. The first kappa shape index (κ1) is 15.0. The third-order valence-corrected chi connectivity index (χ3v) is 4.56. The molecule has 0 amide bonds. The molecule has 1 aromatic rings. The van der Waals surface area contributed by atoms with Crippen LogP contribution in [0.3, 0.4) is 0 Å². The summed E-state index contributed by atoms with van der Waals surface area (Å²) in [4.78, 5) is 3.60. The summed E-state index contributed by atoms with van der Waals surface area (Å²) in [6, 6.07) is 4.09. The highest BCUT2D eigenvalue weighted by atomic mass is 32.1. The minimum atomic E-state index is -0.367. The third kappa shape index (κ3) is 5.61. The Bertz CT molecular complexity index is 342. The van der Waals surface area contributed by atoms with E-state index >= 15 is 0 Å². The molecule has 0 radical (unpaired) electrons. The highest BCUT2D eigenvalue weighted by molar-refractivity contribution is 7.09. The zero-order valence-electron chi connectivity index (χ0n) is 11.8. The minimum absolute atomic E-state index is 0.367. The van der Waals surface area contributed by atoms with E-state index in [1.165, 1.54) is 24.1 Å². The van der Waals surface area contributed by atoms with Crippen molar-refractivity contribution in [1.29, 1.82) is 0 Å². The number of hydrogen-bond acceptors (Lipinski definition) is 4. The molecular formula is C15H25NO2S. The van der Waals surface area contributed by atoms with Crippen LogP contribution < -0.4 is 0 Å². The van der Waals surface area contributed by atoms with Gasteiger partial charge in [0, 0.05) is 11.4 Å². The van der Waals surface area contributed by atoms with E-state index in [1.54, 1.807) is 11.3 Å². The summed E-state index contributed by atoms with van der Waals surface area (Å²) in [5, 5.41) is 12.1. The molecule has 0 saturated carbocycles. The fourth-order valence-corrected chi connectivity index (χ4v) is 3.19. The van der Waals surface area contributed by atoms with E-state index in [1.807, 2.05) is 11.4 Å². The molecule has 1 aliphatic rings. The predicted octanol–water partition coefficient (Wildman–Crippen LogP) is 2.75. The first-order chi connectivity index (χ1) is 9.24. The van der Waals surface area contributed by atoms with E-state index in [-0.39, 0.29) is 6.10 Å². The second kappa shape index (κ2) is 8.00. The van der Waals surface area contributed by atoms with Crippen LogP contribution in [0.4, 0.5) is 0 Å². The SMILES string of the molecule is CC1CCCN(CC(O)COCc2cccs2)CC1. The number of β-amino-alcohol motifs (C(OH)–C–C–N with tert-alkyl or cyclic N) is 1. The Morgan fingerprint density at radius 1 is 1.47 bits per heavy atom. The van der Waals surface area contributed by atoms with Gasteiger partial charge in [0.1, 0.15) is 0 Å². The van der Waals surface area contributed by atoms with Crippen LogP contribution in [0.25, 0.3) is 0 Å². The molecule has 1 saturated heterocycles. The van der Waals surface area contributed by atoms with Gasteiger partial charge in [0.05, 0.1) is 19.3 Å². The van der Waals surface area contributed by atoms with Gasteiger partial charge in [-0.2, -0.15) is 0 Å². The number of nitrogens with zero attached hydrogens (tertiary/aromatic N) is 1. The van der Waals surface area contributed by atoms with Crippen molar-refractivity contribution in [3.8, 4) is 0 Å². The van der Waals surface area contributed by atoms with E-state index in [9.17, 15) is 5.11 Å². The number of ether oxygens (including phenoxy) is 1. The lowest BCUT2D eigenvalue weighted by atomic mass is 10.0. The molecule has 4 heteroatoms. The highest BCUT2D eigenvalue weighted by Gasteiger charge is 2.16. The summed E-state index contributed by atoms with van der Waals surface area (Å²) in [6.07, 6.45) is 3.46. The van der Waals surface area contributed by atoms with Crippen molar-refractivity contribution in [2.75, 3.05) is 26.2 Å². The summed E-state index contributed by atoms with van der Waals surface area (Å²) >= 11 is 1.70. The fraction of sp³-hybridized carbons (Fsp3) is 0.733. The summed E-state index contributed by atoms with van der Waals surface area (Å²) < 4.78 is 5.57. The van der Waals surface area contributed by atoms with E-state index < -0.39 is 0 Å². The molecule has 3 nitrogen and oxygen atoms in total. The second-order valence-electron chi connectivity index (χ2n) is 5.58. The summed E-state index contributed by atoms with van der Waals surface area (Å²) in [5.41, 5.74) is 0. The smallest absolute Gasteiger partial charge is 0.0900 e. The van der Waals surface area contributed by atoms with Crippen LogP contribution >= 0.6 is 11.3 Å². The fourth-order valence-electron chi connectivity index (χ4n) is 2.55. The van der Waals surface area contributed by atoms with Crippen molar-refractivity contribution in [1.82, 2.24) is 4.90 Å². The Morgan fingerprint density at radius 3 is 3.16 bits per heavy atom. The number of likely N-dealkylation sites (tertiary alicyclic amines) is 1. The maximum absolute atomic E-state index is 10.0. The van der Waals surface area contributed by atoms with Gasteiger partial charge in [-0.05, 0) is 49.7 Å². The molecule has 19 heavy (non-hydrogen) atoms. The van der Waals surface area contributed by atoms with Crippen LogP contribution in [0.1, 0.15) is 31.1 Å². The monoisotopic (exact) mass is 283 g/mol. The molecule has 2 atom stereocenters. The van der Waals surface area contributed by atoms with E-state index in [4.69, 9.17) is 4.74 Å². The molecule has 1 aliphatic heterocycles. The first-order valence-corrected chi connectivity index (χ1v) is 8.12. The van der Waals surface area contributed by atoms with Gasteiger partial charge in [0.25, 0.3) is 0 Å². The van der Waals surface area contributed by atoms with Crippen molar-refractivity contribution < 1.29 is 9.84 Å². The van der Waals surface area contributed by atoms with E-state index in [0.717, 1.165) is 25.6 Å². The largest absolute Gasteiger partial charge is 0.389 e. The van der Waals surface area contributed by atoms with Crippen molar-refractivity contribution in [2.24, 2.45) is 5.92 Å². The maximum atomic E-state index is 10.0. The maximum Gasteiger partial charge on any atom is 0.0900 e. The second-order valence-corrected chi connectivity index (χ2v) is 6.62. The van der Waals surface area contributed by atoms with Crippen molar-refractivity contribution in [2.45, 2.75) is 38.9 Å². The number of thiophene rings is 1. The Balaban J connectivity index is 1.62. The normalized spacial score (nSPS) is 23.2. The standard InChI is InChI=1S/C15H25NO2S/c1-13-4-2-7-16(8-6-13)10-14(17)11-18-12-15-5-3-9-19-15/h3,5,9,13-14,17H,2,4,6-8,10-12H2,1H3. The molecule has 0 spiro atoms. The number of aliphatic hydroxyl groups is 1. The third-order valence-electron chi connectivity index (χ3n) is 3.71. The Kier molecular flexibility index (Phi) is 6.31. The van der Waals surface area contributed by atoms with Crippen LogP contribution in [0.2, 0.25) is 0 Å². The number of aliphatic hydroxyl groups excluding tert-OH is 1. The molecule has 2 rings (SSSR count). The Morgan fingerprint density at radius 2 is 2.37 bits per heavy atom. The average molecular weight is 283 g/mol. The molecule has 108 valence electrons. The zero-order valence-corrected chi connectivity index (χ0v) is 12.6. The summed E-state index contributed by atoms with van der Waals surface area (Å²) in [7, 11) is 0. The van der Waals surface area contributed by atoms with Crippen molar-refractivity contribution in [3.05, 3.63) is 22.4 Å². The van der Waals surface area contributed by atoms with Gasteiger partial charge in [-0.3, -0.25) is 0 Å². The lowest BCUT2D eigenvalue weighted by Crippen LogP contribution is -2.35. The van der Waals surface area contributed by atoms with E-state index in [2.05, 4.69) is 17.9 Å². The van der Waals surface area contributed by atoms with Crippen LogP contribution in [0.5, 0.6) is 0 Å². The lowest BCUT2D eigenvalue weighted by molar-refractivity contribution is 0.0111. The predicted molar refractivity (Wildman–Crippen MR) is 79.4 cm³/mol. The van der Waals surface area contributed by atoms with Gasteiger partial charge in [-0.15, -0.1) is 11.3 Å². The molecule has 0 bridgehead atoms. The van der Waals surface area contributed by atoms with Gasteiger partial charge in [-0.25, -0.2) is 0 Å². The molecular weight excluding hydrogens is 258 g/mol. The van der Waals surface area contributed by atoms with E-state index in [0.29, 0.717) is 13.2 Å². The lowest BCUT2D eigenvalue weighted by Gasteiger charge is -2.23. The molecule has 2 heterocycles. The molecule has 1 N–H and O–H groups in total. The summed E-state index contributed by atoms with van der Waals surface area (Å²) in [5.74, 6) is 0.831. The Hall–Kier alpha value is -0.420. The van der Waals surface area contributed by atoms with Gasteiger partial charge in [0.15, 0.2) is 0 Å². The van der Waals surface area contributed by atoms with Crippen LogP contribution in [0.15, 0.2) is 17.5 Å². The Labute approximate surface area is 120 Å². The first-order valence-electron chi connectivity index (χ1n) is 7.24. The van der Waals surface area contributed by atoms with Crippen molar-refractivity contribution in [3.63, 3.8) is 0 Å². The highest BCUT2D eigenvalue weighted by Crippen LogP contribution is 2.16. The number of rotatable bonds is 6. The van der Waals surface area contributed by atoms with Gasteiger partial charge in [0.2, 0.25) is 0 Å². The quantitative estimate of drug-likeness (QED) is 0.871. The van der Waals surface area contributed by atoms with Gasteiger partial charge < -0.3 is 14.7 Å². The molecule has 0 aliphatic carbocycles. The van der Waals surface area contributed by atoms with Crippen LogP contribution in [-0.2, 0) is 11.3 Å². The van der Waals surface area contributed by atoms with Crippen LogP contribution in [-0.4, -0.2) is 42.4 Å². The van der Waals surface area contributed by atoms with Gasteiger partial charge >= 0.3 is 0 Å². The zero-order chi connectivity index (χ0) is 13.5. The van der Waals surface area contributed by atoms with Crippen LogP contribution in [0, 0.1) is 5.92 Å². The minimum Gasteiger partial charge on any atom is -0.389 e. The average Bonchev–Trinajstić information content (AvgIpc) is 2.81. The molecule has 1 aromatic heterocycles. The topological polar surface area (TPSA) is 32.7 Å².